The van der Waals surface area contributed by atoms with E-state index in [-0.39, 0.29) is 6.10 Å². The van der Waals surface area contributed by atoms with Crippen LogP contribution in [0.25, 0.3) is 0 Å². The zero-order valence-electron chi connectivity index (χ0n) is 13.0. The number of methoxy groups -OCH3 is 1. The summed E-state index contributed by atoms with van der Waals surface area (Å²) in [7, 11) is 1.62. The zero-order chi connectivity index (χ0) is 16.3. The highest BCUT2D eigenvalue weighted by atomic mass is 127. The first-order chi connectivity index (χ1) is 10.4. The van der Waals surface area contributed by atoms with E-state index in [0.717, 1.165) is 20.6 Å². The third-order valence-corrected chi connectivity index (χ3v) is 3.57. The van der Waals surface area contributed by atoms with Crippen LogP contribution in [0.3, 0.4) is 0 Å². The average molecular weight is 414 g/mol. The number of aryl methyl sites for hydroxylation is 1. The number of rotatable bonds is 5. The Morgan fingerprint density at radius 3 is 2.68 bits per heavy atom. The summed E-state index contributed by atoms with van der Waals surface area (Å²) in [6, 6.07) is 3.85. The Kier molecular flexibility index (Phi) is 5.28. The van der Waals surface area contributed by atoms with Crippen LogP contribution in [0.4, 0.5) is 5.95 Å². The van der Waals surface area contributed by atoms with Crippen LogP contribution in [-0.2, 0) is 0 Å². The van der Waals surface area contributed by atoms with Gasteiger partial charge in [-0.2, -0.15) is 5.10 Å². The van der Waals surface area contributed by atoms with Crippen LogP contribution in [0.5, 0.6) is 11.5 Å². The van der Waals surface area contributed by atoms with Crippen molar-refractivity contribution in [2.24, 2.45) is 5.10 Å². The number of aromatic nitrogens is 2. The third kappa shape index (κ3) is 3.90. The van der Waals surface area contributed by atoms with Gasteiger partial charge in [0.05, 0.1) is 34.9 Å². The van der Waals surface area contributed by atoms with E-state index in [1.807, 2.05) is 32.9 Å². The smallest absolute Gasteiger partial charge is 0.221 e. The summed E-state index contributed by atoms with van der Waals surface area (Å²) in [4.78, 5) is 4.10. The van der Waals surface area contributed by atoms with E-state index >= 15 is 0 Å². The molecule has 0 fully saturated rings. The molecule has 0 aliphatic heterocycles. The molecule has 0 spiro atoms. The van der Waals surface area contributed by atoms with Gasteiger partial charge in [0, 0.05) is 0 Å². The first-order valence-electron chi connectivity index (χ1n) is 6.80. The topological polar surface area (TPSA) is 74.7 Å². The average Bonchev–Trinajstić information content (AvgIpc) is 2.76. The van der Waals surface area contributed by atoms with Crippen molar-refractivity contribution in [1.29, 1.82) is 0 Å². The number of nitrogen functional groups attached to an aromatic ring is 1. The van der Waals surface area contributed by atoms with E-state index in [1.54, 1.807) is 19.5 Å². The summed E-state index contributed by atoms with van der Waals surface area (Å²) in [6.07, 6.45) is 3.56. The van der Waals surface area contributed by atoms with E-state index in [4.69, 9.17) is 15.2 Å². The lowest BCUT2D eigenvalue weighted by Crippen LogP contribution is -2.08. The van der Waals surface area contributed by atoms with Crippen molar-refractivity contribution in [1.82, 2.24) is 9.66 Å². The van der Waals surface area contributed by atoms with Gasteiger partial charge in [0.25, 0.3) is 0 Å². The van der Waals surface area contributed by atoms with Crippen molar-refractivity contribution in [2.45, 2.75) is 26.9 Å². The van der Waals surface area contributed by atoms with Gasteiger partial charge in [-0.05, 0) is 61.1 Å². The molecule has 0 unspecified atom stereocenters. The quantitative estimate of drug-likeness (QED) is 0.603. The number of anilines is 1. The Hall–Kier alpha value is -1.77. The Morgan fingerprint density at radius 1 is 1.41 bits per heavy atom. The van der Waals surface area contributed by atoms with Crippen LogP contribution >= 0.6 is 22.6 Å². The molecule has 1 aromatic heterocycles. The molecule has 0 aliphatic carbocycles. The van der Waals surface area contributed by atoms with Crippen LogP contribution in [-0.4, -0.2) is 29.1 Å². The predicted molar refractivity (Wildman–Crippen MR) is 95.8 cm³/mol. The minimum Gasteiger partial charge on any atom is -0.493 e. The molecule has 0 bridgehead atoms. The van der Waals surface area contributed by atoms with E-state index in [9.17, 15) is 0 Å². The molecule has 0 saturated carbocycles. The molecule has 7 heteroatoms. The van der Waals surface area contributed by atoms with Gasteiger partial charge in [0.15, 0.2) is 11.5 Å². The van der Waals surface area contributed by atoms with Crippen LogP contribution in [0.1, 0.15) is 25.1 Å². The Labute approximate surface area is 143 Å². The summed E-state index contributed by atoms with van der Waals surface area (Å²) in [6.45, 7) is 5.83. The maximum Gasteiger partial charge on any atom is 0.221 e. The fourth-order valence-electron chi connectivity index (χ4n) is 1.89. The zero-order valence-corrected chi connectivity index (χ0v) is 15.2. The summed E-state index contributed by atoms with van der Waals surface area (Å²) >= 11 is 2.22. The molecule has 2 rings (SSSR count). The van der Waals surface area contributed by atoms with Gasteiger partial charge < -0.3 is 15.2 Å². The first kappa shape index (κ1) is 16.6. The van der Waals surface area contributed by atoms with Crippen LogP contribution < -0.4 is 15.2 Å². The van der Waals surface area contributed by atoms with E-state index in [1.165, 1.54) is 4.68 Å². The third-order valence-electron chi connectivity index (χ3n) is 2.77. The highest BCUT2D eigenvalue weighted by Crippen LogP contribution is 2.34. The van der Waals surface area contributed by atoms with E-state index < -0.39 is 0 Å². The van der Waals surface area contributed by atoms with Gasteiger partial charge in [-0.3, -0.25) is 0 Å². The predicted octanol–water partition coefficient (Wildman–Crippen LogP) is 3.06. The molecule has 118 valence electrons. The highest BCUT2D eigenvalue weighted by Gasteiger charge is 2.12. The number of nitrogens with zero attached hydrogens (tertiary/aromatic N) is 3. The first-order valence-corrected chi connectivity index (χ1v) is 7.88. The van der Waals surface area contributed by atoms with Crippen molar-refractivity contribution in [3.05, 3.63) is 33.2 Å². The number of hydrogen-bond acceptors (Lipinski definition) is 5. The second kappa shape index (κ2) is 6.99. The van der Waals surface area contributed by atoms with E-state index in [0.29, 0.717) is 11.7 Å². The molecule has 6 nitrogen and oxygen atoms in total. The second-order valence-electron chi connectivity index (χ2n) is 5.03. The Bertz CT molecular complexity index is 695. The van der Waals surface area contributed by atoms with Gasteiger partial charge in [0.2, 0.25) is 5.95 Å². The lowest BCUT2D eigenvalue weighted by molar-refractivity contribution is 0.228. The Balaban J connectivity index is 2.32. The summed E-state index contributed by atoms with van der Waals surface area (Å²) < 4.78 is 13.7. The number of benzene rings is 1. The van der Waals surface area contributed by atoms with Crippen molar-refractivity contribution in [3.8, 4) is 11.5 Å². The molecular weight excluding hydrogens is 395 g/mol. The number of imidazole rings is 1. The maximum absolute atomic E-state index is 5.80. The maximum atomic E-state index is 5.80. The van der Waals surface area contributed by atoms with E-state index in [2.05, 4.69) is 32.7 Å². The lowest BCUT2D eigenvalue weighted by atomic mass is 10.2. The van der Waals surface area contributed by atoms with Crippen molar-refractivity contribution in [3.63, 3.8) is 0 Å². The molecule has 0 saturated heterocycles. The number of hydrogen-bond donors (Lipinski definition) is 1. The molecular formula is C15H19IN4O2. The second-order valence-corrected chi connectivity index (χ2v) is 6.19. The molecule has 0 aliphatic rings. The minimum absolute atomic E-state index is 0.0793. The largest absolute Gasteiger partial charge is 0.493 e. The number of ether oxygens (including phenoxy) is 2. The number of halogens is 1. The fourth-order valence-corrected chi connectivity index (χ4v) is 2.64. The van der Waals surface area contributed by atoms with Gasteiger partial charge >= 0.3 is 0 Å². The molecule has 0 amide bonds. The summed E-state index contributed by atoms with van der Waals surface area (Å²) in [5, 5.41) is 4.31. The summed E-state index contributed by atoms with van der Waals surface area (Å²) in [5.74, 6) is 1.78. The van der Waals surface area contributed by atoms with Crippen LogP contribution in [0, 0.1) is 10.5 Å². The molecule has 0 radical (unpaired) electrons. The van der Waals surface area contributed by atoms with Crippen LogP contribution in [0.2, 0.25) is 0 Å². The molecule has 2 N–H and O–H groups in total. The molecule has 2 aromatic rings. The SMILES string of the molecule is COc1cc(C=Nn2cc(C)nc2N)cc(I)c1OC(C)C. The molecule has 1 aromatic carbocycles. The monoisotopic (exact) mass is 414 g/mol. The number of nitrogens with two attached hydrogens (primary N) is 1. The fraction of sp³-hybridized carbons (Fsp3) is 0.333. The van der Waals surface area contributed by atoms with Gasteiger partial charge in [-0.15, -0.1) is 0 Å². The highest BCUT2D eigenvalue weighted by molar-refractivity contribution is 14.1. The van der Waals surface area contributed by atoms with Crippen molar-refractivity contribution < 1.29 is 9.47 Å². The van der Waals surface area contributed by atoms with Gasteiger partial charge in [-0.1, -0.05) is 0 Å². The Morgan fingerprint density at radius 2 is 2.14 bits per heavy atom. The van der Waals surface area contributed by atoms with Gasteiger partial charge in [0.1, 0.15) is 0 Å². The normalized spacial score (nSPS) is 11.4. The summed E-state index contributed by atoms with van der Waals surface area (Å²) in [5.41, 5.74) is 7.48. The standard InChI is InChI=1S/C15H19IN4O2/c1-9(2)22-14-12(16)5-11(6-13(14)21-4)7-18-20-8-10(3)19-15(20)17/h5-9H,1-4H3,(H2,17,19). The minimum atomic E-state index is 0.0793. The van der Waals surface area contributed by atoms with Gasteiger partial charge in [-0.25, -0.2) is 9.66 Å². The molecule has 1 heterocycles. The molecule has 0 atom stereocenters. The van der Waals surface area contributed by atoms with Crippen molar-refractivity contribution in [2.75, 3.05) is 12.8 Å². The lowest BCUT2D eigenvalue weighted by Gasteiger charge is -2.15. The van der Waals surface area contributed by atoms with Crippen LogP contribution in [0.15, 0.2) is 23.4 Å². The van der Waals surface area contributed by atoms with Crippen molar-refractivity contribution >= 4 is 34.8 Å². The molecule has 22 heavy (non-hydrogen) atoms.